The van der Waals surface area contributed by atoms with E-state index in [0.717, 1.165) is 12.8 Å². The second-order valence-corrected chi connectivity index (χ2v) is 6.01. The minimum Gasteiger partial charge on any atom is -0.484 e. The number of nitro benzene ring substituents is 1. The van der Waals surface area contributed by atoms with E-state index in [0.29, 0.717) is 15.9 Å². The smallest absolute Gasteiger partial charge is 0.270 e. The molecule has 2 aromatic rings. The van der Waals surface area contributed by atoms with Gasteiger partial charge in [0.1, 0.15) is 5.75 Å². The number of halogens is 1. The van der Waals surface area contributed by atoms with Crippen molar-refractivity contribution in [3.8, 4) is 5.75 Å². The fraction of sp³-hybridized carbons (Fsp3) is 0.235. The maximum atomic E-state index is 11.9. The highest BCUT2D eigenvalue weighted by Gasteiger charge is 2.11. The zero-order valence-electron chi connectivity index (χ0n) is 13.1. The lowest BCUT2D eigenvalue weighted by molar-refractivity contribution is -0.384. The number of aryl methyl sites for hydroxylation is 1. The summed E-state index contributed by atoms with van der Waals surface area (Å²) in [7, 11) is 0. The van der Waals surface area contributed by atoms with Gasteiger partial charge in [0, 0.05) is 16.6 Å². The molecule has 7 heteroatoms. The van der Waals surface area contributed by atoms with Gasteiger partial charge in [0.15, 0.2) is 6.61 Å². The van der Waals surface area contributed by atoms with Crippen LogP contribution in [-0.2, 0) is 11.2 Å². The van der Waals surface area contributed by atoms with Crippen LogP contribution in [0.3, 0.4) is 0 Å². The lowest BCUT2D eigenvalue weighted by Crippen LogP contribution is -2.20. The first kappa shape index (κ1) is 17.9. The van der Waals surface area contributed by atoms with Crippen molar-refractivity contribution >= 4 is 33.2 Å². The van der Waals surface area contributed by atoms with Crippen molar-refractivity contribution in [2.75, 3.05) is 11.9 Å². The second kappa shape index (κ2) is 8.44. The van der Waals surface area contributed by atoms with Gasteiger partial charge in [0.05, 0.1) is 10.6 Å². The van der Waals surface area contributed by atoms with Gasteiger partial charge in [-0.2, -0.15) is 0 Å². The zero-order chi connectivity index (χ0) is 17.5. The summed E-state index contributed by atoms with van der Waals surface area (Å²) in [5.74, 6) is 0.273. The minimum absolute atomic E-state index is 0.0525. The molecule has 6 nitrogen and oxygen atoms in total. The average Bonchev–Trinajstić information content (AvgIpc) is 2.56. The summed E-state index contributed by atoms with van der Waals surface area (Å²) in [5.41, 5.74) is 1.62. The maximum absolute atomic E-state index is 11.9. The van der Waals surface area contributed by atoms with Crippen LogP contribution in [0.15, 0.2) is 46.9 Å². The number of nitrogens with one attached hydrogen (secondary N) is 1. The monoisotopic (exact) mass is 392 g/mol. The Kier molecular flexibility index (Phi) is 6.31. The average molecular weight is 393 g/mol. The van der Waals surface area contributed by atoms with Crippen molar-refractivity contribution in [3.05, 3.63) is 62.6 Å². The Morgan fingerprint density at radius 1 is 1.25 bits per heavy atom. The third-order valence-corrected chi connectivity index (χ3v) is 3.93. The molecule has 0 atom stereocenters. The standard InChI is InChI=1S/C17H17BrN2O4/c1-2-3-12-4-7-14(8-5-12)24-11-17(21)19-16-9-6-13(20(22)23)10-15(16)18/h4-10H,2-3,11H2,1H3,(H,19,21). The number of benzene rings is 2. The van der Waals surface area contributed by atoms with Gasteiger partial charge in [-0.1, -0.05) is 25.5 Å². The van der Waals surface area contributed by atoms with Crippen LogP contribution < -0.4 is 10.1 Å². The fourth-order valence-electron chi connectivity index (χ4n) is 2.10. The van der Waals surface area contributed by atoms with Gasteiger partial charge in [-0.05, 0) is 46.1 Å². The van der Waals surface area contributed by atoms with Crippen LogP contribution in [0.4, 0.5) is 11.4 Å². The van der Waals surface area contributed by atoms with Gasteiger partial charge in [-0.25, -0.2) is 0 Å². The van der Waals surface area contributed by atoms with Crippen molar-refractivity contribution in [1.82, 2.24) is 0 Å². The van der Waals surface area contributed by atoms with Gasteiger partial charge < -0.3 is 10.1 Å². The predicted molar refractivity (Wildman–Crippen MR) is 95.4 cm³/mol. The van der Waals surface area contributed by atoms with E-state index in [9.17, 15) is 14.9 Å². The van der Waals surface area contributed by atoms with Crippen LogP contribution in [0.2, 0.25) is 0 Å². The number of rotatable bonds is 7. The van der Waals surface area contributed by atoms with Gasteiger partial charge in [0.2, 0.25) is 0 Å². The van der Waals surface area contributed by atoms with E-state index >= 15 is 0 Å². The second-order valence-electron chi connectivity index (χ2n) is 5.15. The lowest BCUT2D eigenvalue weighted by Gasteiger charge is -2.09. The molecule has 1 N–H and O–H groups in total. The van der Waals surface area contributed by atoms with Crippen molar-refractivity contribution < 1.29 is 14.5 Å². The van der Waals surface area contributed by atoms with Gasteiger partial charge >= 0.3 is 0 Å². The number of hydrogen-bond donors (Lipinski definition) is 1. The molecule has 0 heterocycles. The van der Waals surface area contributed by atoms with Crippen LogP contribution in [-0.4, -0.2) is 17.4 Å². The van der Waals surface area contributed by atoms with E-state index in [1.807, 2.05) is 24.3 Å². The molecular weight excluding hydrogens is 376 g/mol. The summed E-state index contributed by atoms with van der Waals surface area (Å²) in [4.78, 5) is 22.1. The van der Waals surface area contributed by atoms with Gasteiger partial charge in [-0.15, -0.1) is 0 Å². The first-order chi connectivity index (χ1) is 11.5. The molecular formula is C17H17BrN2O4. The molecule has 0 unspecified atom stereocenters. The SMILES string of the molecule is CCCc1ccc(OCC(=O)Nc2ccc([N+](=O)[O-])cc2Br)cc1. The topological polar surface area (TPSA) is 81.5 Å². The Balaban J connectivity index is 1.90. The van der Waals surface area contributed by atoms with Crippen LogP contribution in [0.5, 0.6) is 5.75 Å². The van der Waals surface area contributed by atoms with E-state index in [4.69, 9.17) is 4.74 Å². The molecule has 2 rings (SSSR count). The largest absolute Gasteiger partial charge is 0.484 e. The van der Waals surface area contributed by atoms with Crippen molar-refractivity contribution in [3.63, 3.8) is 0 Å². The highest BCUT2D eigenvalue weighted by molar-refractivity contribution is 9.10. The summed E-state index contributed by atoms with van der Waals surface area (Å²) in [6.07, 6.45) is 2.08. The van der Waals surface area contributed by atoms with Crippen molar-refractivity contribution in [1.29, 1.82) is 0 Å². The Bertz CT molecular complexity index is 732. The highest BCUT2D eigenvalue weighted by Crippen LogP contribution is 2.27. The molecule has 0 aliphatic carbocycles. The van der Waals surface area contributed by atoms with Crippen LogP contribution >= 0.6 is 15.9 Å². The van der Waals surface area contributed by atoms with Crippen LogP contribution in [0, 0.1) is 10.1 Å². The van der Waals surface area contributed by atoms with E-state index in [-0.39, 0.29) is 18.2 Å². The third kappa shape index (κ3) is 5.06. The lowest BCUT2D eigenvalue weighted by atomic mass is 10.1. The van der Waals surface area contributed by atoms with Crippen LogP contribution in [0.25, 0.3) is 0 Å². The van der Waals surface area contributed by atoms with Gasteiger partial charge in [-0.3, -0.25) is 14.9 Å². The Morgan fingerprint density at radius 3 is 2.54 bits per heavy atom. The fourth-order valence-corrected chi connectivity index (χ4v) is 2.56. The minimum atomic E-state index is -0.498. The van der Waals surface area contributed by atoms with Crippen molar-refractivity contribution in [2.24, 2.45) is 0 Å². The quantitative estimate of drug-likeness (QED) is 0.561. The molecule has 126 valence electrons. The van der Waals surface area contributed by atoms with Gasteiger partial charge in [0.25, 0.3) is 11.6 Å². The molecule has 0 radical (unpaired) electrons. The molecule has 0 aromatic heterocycles. The Labute approximate surface area is 148 Å². The molecule has 1 amide bonds. The number of carbonyl (C=O) groups is 1. The number of carbonyl (C=O) groups excluding carboxylic acids is 1. The molecule has 0 aliphatic rings. The maximum Gasteiger partial charge on any atom is 0.270 e. The van der Waals surface area contributed by atoms with E-state index < -0.39 is 4.92 Å². The molecule has 0 saturated heterocycles. The van der Waals surface area contributed by atoms with E-state index in [1.165, 1.54) is 23.8 Å². The number of amides is 1. The summed E-state index contributed by atoms with van der Waals surface area (Å²) >= 11 is 3.20. The number of ether oxygens (including phenoxy) is 1. The summed E-state index contributed by atoms with van der Waals surface area (Å²) < 4.78 is 5.88. The Hall–Kier alpha value is -2.41. The zero-order valence-corrected chi connectivity index (χ0v) is 14.7. The molecule has 0 saturated carbocycles. The number of hydrogen-bond acceptors (Lipinski definition) is 4. The first-order valence-corrected chi connectivity index (χ1v) is 8.24. The van der Waals surface area contributed by atoms with E-state index in [2.05, 4.69) is 28.2 Å². The number of non-ortho nitro benzene ring substituents is 1. The number of anilines is 1. The molecule has 0 bridgehead atoms. The highest BCUT2D eigenvalue weighted by atomic mass is 79.9. The molecule has 0 fully saturated rings. The van der Waals surface area contributed by atoms with Crippen LogP contribution in [0.1, 0.15) is 18.9 Å². The van der Waals surface area contributed by atoms with E-state index in [1.54, 1.807) is 0 Å². The number of nitro groups is 1. The normalized spacial score (nSPS) is 10.2. The molecule has 0 spiro atoms. The third-order valence-electron chi connectivity index (χ3n) is 3.27. The Morgan fingerprint density at radius 2 is 1.96 bits per heavy atom. The first-order valence-electron chi connectivity index (χ1n) is 7.45. The molecule has 0 aliphatic heterocycles. The predicted octanol–water partition coefficient (Wildman–Crippen LogP) is 4.33. The van der Waals surface area contributed by atoms with Crippen molar-refractivity contribution in [2.45, 2.75) is 19.8 Å². The molecule has 24 heavy (non-hydrogen) atoms. The molecule has 2 aromatic carbocycles. The summed E-state index contributed by atoms with van der Waals surface area (Å²) in [5, 5.41) is 13.3. The summed E-state index contributed by atoms with van der Waals surface area (Å²) in [6, 6.07) is 11.8. The number of nitrogens with zero attached hydrogens (tertiary/aromatic N) is 1. The summed E-state index contributed by atoms with van der Waals surface area (Å²) in [6.45, 7) is 1.97.